The fourth-order valence-corrected chi connectivity index (χ4v) is 1.95. The minimum Gasteiger partial charge on any atom is -0.436 e. The largest absolute Gasteiger partial charge is 0.471 e. The Kier molecular flexibility index (Phi) is 3.51. The van der Waals surface area contributed by atoms with Crippen LogP contribution in [0.25, 0.3) is 22.6 Å². The van der Waals surface area contributed by atoms with Crippen molar-refractivity contribution >= 4 is 22.7 Å². The van der Waals surface area contributed by atoms with Crippen molar-refractivity contribution < 1.29 is 26.8 Å². The van der Waals surface area contributed by atoms with E-state index in [1.807, 2.05) is 0 Å². The summed E-state index contributed by atoms with van der Waals surface area (Å²) >= 11 is 0. The monoisotopic (exact) mass is 324 g/mol. The van der Waals surface area contributed by atoms with Crippen molar-refractivity contribution in [3.63, 3.8) is 0 Å². The second-order valence-corrected chi connectivity index (χ2v) is 4.63. The second-order valence-electron chi connectivity index (χ2n) is 4.63. The van der Waals surface area contributed by atoms with Gasteiger partial charge in [-0.25, -0.2) is 9.37 Å². The first-order chi connectivity index (χ1) is 10.8. The van der Waals surface area contributed by atoms with Gasteiger partial charge in [0.15, 0.2) is 5.58 Å². The van der Waals surface area contributed by atoms with Gasteiger partial charge in [-0.2, -0.15) is 13.2 Å². The summed E-state index contributed by atoms with van der Waals surface area (Å²) in [6.07, 6.45) is -4.99. The highest BCUT2D eigenvalue weighted by atomic mass is 19.4. The maximum atomic E-state index is 13.7. The van der Waals surface area contributed by atoms with Gasteiger partial charge in [0.1, 0.15) is 11.3 Å². The highest BCUT2D eigenvalue weighted by Gasteiger charge is 2.38. The predicted molar refractivity (Wildman–Crippen MR) is 74.1 cm³/mol. The summed E-state index contributed by atoms with van der Waals surface area (Å²) in [5.74, 6) is -2.63. The first-order valence-corrected chi connectivity index (χ1v) is 6.38. The van der Waals surface area contributed by atoms with E-state index in [1.54, 1.807) is 11.4 Å². The Morgan fingerprint density at radius 1 is 1.13 bits per heavy atom. The minimum atomic E-state index is -4.99. The molecule has 3 rings (SSSR count). The van der Waals surface area contributed by atoms with Gasteiger partial charge in [0, 0.05) is 11.8 Å². The maximum absolute atomic E-state index is 13.7. The Morgan fingerprint density at radius 2 is 1.87 bits per heavy atom. The van der Waals surface area contributed by atoms with E-state index in [0.29, 0.717) is 5.52 Å². The number of anilines is 1. The van der Waals surface area contributed by atoms with Crippen molar-refractivity contribution in [3.05, 3.63) is 48.3 Å². The van der Waals surface area contributed by atoms with Crippen LogP contribution in [0.3, 0.4) is 0 Å². The molecule has 0 saturated heterocycles. The van der Waals surface area contributed by atoms with Crippen LogP contribution in [0.1, 0.15) is 0 Å². The van der Waals surface area contributed by atoms with Crippen molar-refractivity contribution in [2.75, 3.05) is 5.32 Å². The molecule has 0 aliphatic heterocycles. The van der Waals surface area contributed by atoms with E-state index in [0.717, 1.165) is 0 Å². The normalized spacial score (nSPS) is 11.7. The number of nitrogens with zero attached hydrogens (tertiary/aromatic N) is 1. The van der Waals surface area contributed by atoms with E-state index in [4.69, 9.17) is 4.42 Å². The van der Waals surface area contributed by atoms with Crippen molar-refractivity contribution in [1.29, 1.82) is 0 Å². The van der Waals surface area contributed by atoms with Crippen LogP contribution in [0, 0.1) is 5.82 Å². The molecule has 0 atom stereocenters. The molecule has 23 heavy (non-hydrogen) atoms. The van der Waals surface area contributed by atoms with Crippen LogP contribution in [0.15, 0.2) is 46.9 Å². The number of carbonyl (C=O) groups excluding carboxylic acids is 1. The number of hydrogen-bond donors (Lipinski definition) is 1. The van der Waals surface area contributed by atoms with Crippen LogP contribution in [-0.2, 0) is 4.79 Å². The number of oxazole rings is 1. The van der Waals surface area contributed by atoms with E-state index in [2.05, 4.69) is 4.98 Å². The zero-order valence-corrected chi connectivity index (χ0v) is 11.3. The molecule has 0 radical (unpaired) electrons. The average Bonchev–Trinajstić information content (AvgIpc) is 2.89. The summed E-state index contributed by atoms with van der Waals surface area (Å²) in [5.41, 5.74) is 0.483. The SMILES string of the molecule is O=C(Nc1ccc2nc(-c3ccccc3F)oc2c1)C(F)(F)F. The van der Waals surface area contributed by atoms with E-state index in [-0.39, 0.29) is 22.7 Å². The van der Waals surface area contributed by atoms with Crippen LogP contribution in [0.2, 0.25) is 0 Å². The van der Waals surface area contributed by atoms with Crippen molar-refractivity contribution in [3.8, 4) is 11.5 Å². The molecule has 1 N–H and O–H groups in total. The molecule has 0 aliphatic rings. The number of aromatic nitrogens is 1. The molecule has 1 amide bonds. The average molecular weight is 324 g/mol. The zero-order chi connectivity index (χ0) is 16.6. The quantitative estimate of drug-likeness (QED) is 0.721. The van der Waals surface area contributed by atoms with E-state index < -0.39 is 17.9 Å². The third-order valence-electron chi connectivity index (χ3n) is 3.01. The smallest absolute Gasteiger partial charge is 0.436 e. The molecule has 3 aromatic rings. The summed E-state index contributed by atoms with van der Waals surface area (Å²) in [6, 6.07) is 9.62. The molecule has 0 fully saturated rings. The van der Waals surface area contributed by atoms with E-state index >= 15 is 0 Å². The lowest BCUT2D eigenvalue weighted by atomic mass is 10.2. The van der Waals surface area contributed by atoms with Gasteiger partial charge in [-0.1, -0.05) is 12.1 Å². The van der Waals surface area contributed by atoms with Gasteiger partial charge in [0.25, 0.3) is 0 Å². The van der Waals surface area contributed by atoms with Gasteiger partial charge in [0.05, 0.1) is 5.56 Å². The minimum absolute atomic E-state index is 0.00241. The Hall–Kier alpha value is -2.90. The Bertz CT molecular complexity index is 887. The second kappa shape index (κ2) is 5.38. The highest BCUT2D eigenvalue weighted by Crippen LogP contribution is 2.28. The van der Waals surface area contributed by atoms with Gasteiger partial charge in [-0.3, -0.25) is 4.79 Å². The molecule has 1 heterocycles. The summed E-state index contributed by atoms with van der Waals surface area (Å²) < 4.78 is 55.8. The van der Waals surface area contributed by atoms with Gasteiger partial charge >= 0.3 is 12.1 Å². The standard InChI is InChI=1S/C15H8F4N2O2/c16-10-4-2-1-3-9(10)13-21-11-6-5-8(7-12(11)23-13)20-14(22)15(17,18)19/h1-7H,(H,20,22). The van der Waals surface area contributed by atoms with Crippen LogP contribution in [0.4, 0.5) is 23.2 Å². The molecule has 0 unspecified atom stereocenters. The summed E-state index contributed by atoms with van der Waals surface area (Å²) in [5, 5.41) is 1.71. The molecule has 2 aromatic carbocycles. The third-order valence-corrected chi connectivity index (χ3v) is 3.01. The van der Waals surface area contributed by atoms with Crippen LogP contribution < -0.4 is 5.32 Å². The van der Waals surface area contributed by atoms with Crippen LogP contribution in [0.5, 0.6) is 0 Å². The Morgan fingerprint density at radius 3 is 2.57 bits per heavy atom. The number of carbonyl (C=O) groups is 1. The number of fused-ring (bicyclic) bond motifs is 1. The van der Waals surface area contributed by atoms with E-state index in [1.165, 1.54) is 36.4 Å². The molecule has 0 saturated carbocycles. The summed E-state index contributed by atoms with van der Waals surface area (Å²) in [7, 11) is 0. The zero-order valence-electron chi connectivity index (χ0n) is 11.3. The molecule has 118 valence electrons. The molecule has 8 heteroatoms. The molecule has 4 nitrogen and oxygen atoms in total. The van der Waals surface area contributed by atoms with Crippen LogP contribution in [-0.4, -0.2) is 17.1 Å². The lowest BCUT2D eigenvalue weighted by Crippen LogP contribution is -2.29. The number of benzene rings is 2. The summed E-state index contributed by atoms with van der Waals surface area (Å²) in [6.45, 7) is 0. The molecule has 0 spiro atoms. The number of amides is 1. The predicted octanol–water partition coefficient (Wildman–Crippen LogP) is 4.13. The summed E-state index contributed by atoms with van der Waals surface area (Å²) in [4.78, 5) is 15.0. The first-order valence-electron chi connectivity index (χ1n) is 6.38. The first kappa shape index (κ1) is 15.0. The third kappa shape index (κ3) is 3.01. The van der Waals surface area contributed by atoms with Gasteiger partial charge in [0.2, 0.25) is 5.89 Å². The lowest BCUT2D eigenvalue weighted by Gasteiger charge is -2.07. The number of halogens is 4. The molecule has 0 bridgehead atoms. The van der Waals surface area contributed by atoms with Crippen molar-refractivity contribution in [2.45, 2.75) is 6.18 Å². The van der Waals surface area contributed by atoms with Gasteiger partial charge < -0.3 is 9.73 Å². The van der Waals surface area contributed by atoms with Crippen molar-refractivity contribution in [1.82, 2.24) is 4.98 Å². The topological polar surface area (TPSA) is 55.1 Å². The highest BCUT2D eigenvalue weighted by molar-refractivity contribution is 5.96. The number of hydrogen-bond acceptors (Lipinski definition) is 3. The van der Waals surface area contributed by atoms with E-state index in [9.17, 15) is 22.4 Å². The van der Waals surface area contributed by atoms with Gasteiger partial charge in [-0.15, -0.1) is 0 Å². The van der Waals surface area contributed by atoms with Crippen LogP contribution >= 0.6 is 0 Å². The molecular formula is C15H8F4N2O2. The van der Waals surface area contributed by atoms with Gasteiger partial charge in [-0.05, 0) is 24.3 Å². The number of alkyl halides is 3. The lowest BCUT2D eigenvalue weighted by molar-refractivity contribution is -0.167. The Balaban J connectivity index is 1.96. The fraction of sp³-hybridized carbons (Fsp3) is 0.0667. The Labute approximate surface area is 126 Å². The number of nitrogens with one attached hydrogen (secondary N) is 1. The number of rotatable bonds is 2. The van der Waals surface area contributed by atoms with Crippen molar-refractivity contribution in [2.24, 2.45) is 0 Å². The molecule has 1 aromatic heterocycles. The molecular weight excluding hydrogens is 316 g/mol. The maximum Gasteiger partial charge on any atom is 0.471 e. The fourth-order valence-electron chi connectivity index (χ4n) is 1.95. The molecule has 0 aliphatic carbocycles.